The summed E-state index contributed by atoms with van der Waals surface area (Å²) in [6, 6.07) is 24.6. The Kier molecular flexibility index (Phi) is 7.08. The first kappa shape index (κ1) is 19.5. The largest absolute Gasteiger partial charge is 0.491 e. The Labute approximate surface area is 166 Å². The Balaban J connectivity index is 1.59. The number of para-hydroxylation sites is 2. The normalized spacial score (nSPS) is 10.3. The maximum atomic E-state index is 12.6. The van der Waals surface area contributed by atoms with Crippen LogP contribution in [0.3, 0.4) is 0 Å². The van der Waals surface area contributed by atoms with E-state index in [0.717, 1.165) is 24.2 Å². The summed E-state index contributed by atoms with van der Waals surface area (Å²) in [6.45, 7) is 3.25. The lowest BCUT2D eigenvalue weighted by atomic mass is 10.2. The third-order valence-corrected chi connectivity index (χ3v) is 4.26. The number of anilines is 1. The summed E-state index contributed by atoms with van der Waals surface area (Å²) in [7, 11) is 0. The number of benzene rings is 3. The highest BCUT2D eigenvalue weighted by Crippen LogP contribution is 2.25. The minimum Gasteiger partial charge on any atom is -0.491 e. The lowest BCUT2D eigenvalue weighted by Crippen LogP contribution is -2.13. The first-order chi connectivity index (χ1) is 13.8. The van der Waals surface area contributed by atoms with Crippen LogP contribution in [0.15, 0.2) is 78.9 Å². The summed E-state index contributed by atoms with van der Waals surface area (Å²) in [4.78, 5) is 12.6. The van der Waals surface area contributed by atoms with E-state index in [0.29, 0.717) is 30.2 Å². The van der Waals surface area contributed by atoms with E-state index >= 15 is 0 Å². The molecule has 0 bridgehead atoms. The molecule has 0 aromatic heterocycles. The van der Waals surface area contributed by atoms with Gasteiger partial charge in [-0.2, -0.15) is 0 Å². The van der Waals surface area contributed by atoms with Crippen LogP contribution in [0.2, 0.25) is 0 Å². The van der Waals surface area contributed by atoms with Gasteiger partial charge in [-0.25, -0.2) is 0 Å². The fourth-order valence-electron chi connectivity index (χ4n) is 2.66. The van der Waals surface area contributed by atoms with Crippen LogP contribution in [0.1, 0.15) is 35.7 Å². The van der Waals surface area contributed by atoms with Gasteiger partial charge in [-0.1, -0.05) is 55.8 Å². The van der Waals surface area contributed by atoms with Gasteiger partial charge in [-0.3, -0.25) is 4.79 Å². The Bertz CT molecular complexity index is 876. The van der Waals surface area contributed by atoms with E-state index in [1.54, 1.807) is 12.1 Å². The maximum Gasteiger partial charge on any atom is 0.255 e. The lowest BCUT2D eigenvalue weighted by molar-refractivity contribution is 0.102. The molecule has 144 valence electrons. The highest BCUT2D eigenvalue weighted by Gasteiger charge is 2.10. The number of nitrogens with one attached hydrogen (secondary N) is 1. The first-order valence-electron chi connectivity index (χ1n) is 9.56. The molecule has 28 heavy (non-hydrogen) atoms. The van der Waals surface area contributed by atoms with Crippen LogP contribution in [0.5, 0.6) is 11.5 Å². The number of unbranched alkanes of at least 4 members (excludes halogenated alkanes) is 1. The third kappa shape index (κ3) is 5.61. The van der Waals surface area contributed by atoms with Crippen molar-refractivity contribution in [3.8, 4) is 11.5 Å². The predicted octanol–water partition coefficient (Wildman–Crippen LogP) is 5.70. The average Bonchev–Trinajstić information content (AvgIpc) is 2.75. The minimum absolute atomic E-state index is 0.179. The zero-order valence-corrected chi connectivity index (χ0v) is 16.1. The Morgan fingerprint density at radius 2 is 1.57 bits per heavy atom. The smallest absolute Gasteiger partial charge is 0.255 e. The van der Waals surface area contributed by atoms with Gasteiger partial charge < -0.3 is 14.8 Å². The highest BCUT2D eigenvalue weighted by molar-refractivity contribution is 6.05. The summed E-state index contributed by atoms with van der Waals surface area (Å²) >= 11 is 0. The van der Waals surface area contributed by atoms with Crippen LogP contribution >= 0.6 is 0 Å². The number of hydrogen-bond acceptors (Lipinski definition) is 3. The average molecular weight is 375 g/mol. The van der Waals surface area contributed by atoms with E-state index in [2.05, 4.69) is 12.2 Å². The summed E-state index contributed by atoms with van der Waals surface area (Å²) in [5.41, 5.74) is 2.34. The SMILES string of the molecule is CCCCOc1ccccc1NC(=O)c1ccc(OCc2ccccc2)cc1. The zero-order chi connectivity index (χ0) is 19.6. The molecule has 1 amide bonds. The molecule has 0 atom stereocenters. The van der Waals surface area contributed by atoms with Crippen molar-refractivity contribution in [2.75, 3.05) is 11.9 Å². The van der Waals surface area contributed by atoms with Gasteiger partial charge in [0.05, 0.1) is 12.3 Å². The van der Waals surface area contributed by atoms with Crippen LogP contribution in [0.4, 0.5) is 5.69 Å². The van der Waals surface area contributed by atoms with Gasteiger partial charge >= 0.3 is 0 Å². The van der Waals surface area contributed by atoms with Crippen molar-refractivity contribution in [1.82, 2.24) is 0 Å². The van der Waals surface area contributed by atoms with E-state index in [-0.39, 0.29) is 5.91 Å². The number of rotatable bonds is 9. The van der Waals surface area contributed by atoms with Gasteiger partial charge in [-0.15, -0.1) is 0 Å². The molecule has 0 aliphatic carbocycles. The molecule has 0 saturated heterocycles. The molecule has 0 radical (unpaired) electrons. The second-order valence-corrected chi connectivity index (χ2v) is 6.45. The molecule has 0 unspecified atom stereocenters. The number of carbonyl (C=O) groups is 1. The topological polar surface area (TPSA) is 47.6 Å². The molecule has 0 heterocycles. The zero-order valence-electron chi connectivity index (χ0n) is 16.1. The Hall–Kier alpha value is -3.27. The van der Waals surface area contributed by atoms with Crippen LogP contribution < -0.4 is 14.8 Å². The fraction of sp³-hybridized carbons (Fsp3) is 0.208. The molecule has 0 fully saturated rings. The molecule has 0 spiro atoms. The van der Waals surface area contributed by atoms with Gasteiger partial charge in [-0.05, 0) is 48.4 Å². The molecule has 4 heteroatoms. The first-order valence-corrected chi connectivity index (χ1v) is 9.56. The lowest BCUT2D eigenvalue weighted by Gasteiger charge is -2.12. The molecule has 0 saturated carbocycles. The van der Waals surface area contributed by atoms with Crippen molar-refractivity contribution in [3.63, 3.8) is 0 Å². The summed E-state index contributed by atoms with van der Waals surface area (Å²) in [6.07, 6.45) is 2.04. The van der Waals surface area contributed by atoms with Crippen molar-refractivity contribution in [2.24, 2.45) is 0 Å². The van der Waals surface area contributed by atoms with Crippen LogP contribution in [0, 0.1) is 0 Å². The van der Waals surface area contributed by atoms with Crippen LogP contribution in [0.25, 0.3) is 0 Å². The number of amides is 1. The maximum absolute atomic E-state index is 12.6. The number of hydrogen-bond donors (Lipinski definition) is 1. The van der Waals surface area contributed by atoms with E-state index in [1.807, 2.05) is 66.7 Å². The molecule has 0 aliphatic heterocycles. The van der Waals surface area contributed by atoms with E-state index in [9.17, 15) is 4.79 Å². The van der Waals surface area contributed by atoms with Crippen molar-refractivity contribution in [2.45, 2.75) is 26.4 Å². The van der Waals surface area contributed by atoms with Crippen LogP contribution in [-0.2, 0) is 6.61 Å². The van der Waals surface area contributed by atoms with Crippen molar-refractivity contribution < 1.29 is 14.3 Å². The van der Waals surface area contributed by atoms with Gasteiger partial charge in [0.2, 0.25) is 0 Å². The third-order valence-electron chi connectivity index (χ3n) is 4.26. The fourth-order valence-corrected chi connectivity index (χ4v) is 2.66. The Morgan fingerprint density at radius 3 is 2.32 bits per heavy atom. The molecule has 3 aromatic rings. The molecule has 3 rings (SSSR count). The molecule has 0 aliphatic rings. The van der Waals surface area contributed by atoms with Crippen LogP contribution in [-0.4, -0.2) is 12.5 Å². The summed E-state index contributed by atoms with van der Waals surface area (Å²) in [5.74, 6) is 1.23. The van der Waals surface area contributed by atoms with Crippen molar-refractivity contribution >= 4 is 11.6 Å². The quantitative estimate of drug-likeness (QED) is 0.488. The number of carbonyl (C=O) groups excluding carboxylic acids is 1. The molecule has 4 nitrogen and oxygen atoms in total. The Morgan fingerprint density at radius 1 is 0.857 bits per heavy atom. The molecule has 3 aromatic carbocycles. The van der Waals surface area contributed by atoms with E-state index < -0.39 is 0 Å². The molecular weight excluding hydrogens is 350 g/mol. The van der Waals surface area contributed by atoms with Gasteiger partial charge in [0.1, 0.15) is 18.1 Å². The number of ether oxygens (including phenoxy) is 2. The second kappa shape index (κ2) is 10.2. The van der Waals surface area contributed by atoms with Crippen molar-refractivity contribution in [1.29, 1.82) is 0 Å². The molecular formula is C24H25NO3. The van der Waals surface area contributed by atoms with E-state index in [1.165, 1.54) is 0 Å². The standard InChI is InChI=1S/C24H25NO3/c1-2-3-17-27-23-12-8-7-11-22(23)25-24(26)20-13-15-21(16-14-20)28-18-19-9-5-4-6-10-19/h4-16H,2-3,17-18H2,1H3,(H,25,26). The molecule has 1 N–H and O–H groups in total. The van der Waals surface area contributed by atoms with Gasteiger partial charge in [0.15, 0.2) is 0 Å². The predicted molar refractivity (Wildman–Crippen MR) is 112 cm³/mol. The second-order valence-electron chi connectivity index (χ2n) is 6.45. The van der Waals surface area contributed by atoms with E-state index in [4.69, 9.17) is 9.47 Å². The summed E-state index contributed by atoms with van der Waals surface area (Å²) < 4.78 is 11.5. The summed E-state index contributed by atoms with van der Waals surface area (Å²) in [5, 5.41) is 2.93. The van der Waals surface area contributed by atoms with Gasteiger partial charge in [0.25, 0.3) is 5.91 Å². The highest BCUT2D eigenvalue weighted by atomic mass is 16.5. The van der Waals surface area contributed by atoms with Gasteiger partial charge in [0, 0.05) is 5.56 Å². The van der Waals surface area contributed by atoms with Crippen molar-refractivity contribution in [3.05, 3.63) is 90.0 Å². The minimum atomic E-state index is -0.179. The monoisotopic (exact) mass is 375 g/mol.